The minimum Gasteiger partial charge on any atom is -0.494 e. The summed E-state index contributed by atoms with van der Waals surface area (Å²) in [6.45, 7) is 4.48. The Morgan fingerprint density at radius 2 is 2.04 bits per heavy atom. The van der Waals surface area contributed by atoms with E-state index in [1.54, 1.807) is 0 Å². The van der Waals surface area contributed by atoms with Gasteiger partial charge in [0.1, 0.15) is 11.9 Å². The fourth-order valence-electron chi connectivity index (χ4n) is 3.02. The zero-order valence-corrected chi connectivity index (χ0v) is 14.7. The maximum absolute atomic E-state index is 12.5. The maximum Gasteiger partial charge on any atom is 0.222 e. The zero-order chi connectivity index (χ0) is 17.5. The first-order valence-electron chi connectivity index (χ1n) is 8.86. The van der Waals surface area contributed by atoms with Gasteiger partial charge in [-0.25, -0.2) is 0 Å². The van der Waals surface area contributed by atoms with E-state index in [-0.39, 0.29) is 12.0 Å². The predicted molar refractivity (Wildman–Crippen MR) is 97.6 cm³/mol. The normalized spacial score (nSPS) is 17.3. The number of carbonyl (C=O) groups is 1. The minimum atomic E-state index is -0.0255. The molecule has 1 unspecified atom stereocenters. The molecule has 1 amide bonds. The summed E-state index contributed by atoms with van der Waals surface area (Å²) in [4.78, 5) is 14.4. The standard InChI is InChI=1S/C21H25NO3/c1-17-7-5-10-19(15-17)24-13-6-11-21(23)22-12-14-25-20(16-22)18-8-3-2-4-9-18/h2-5,7-10,15,20H,6,11-14,16H2,1H3. The number of rotatable bonds is 6. The number of carbonyl (C=O) groups excluding carboxylic acids is 1. The van der Waals surface area contributed by atoms with Crippen LogP contribution in [0.4, 0.5) is 0 Å². The average Bonchev–Trinajstić information content (AvgIpc) is 2.66. The second-order valence-corrected chi connectivity index (χ2v) is 6.38. The topological polar surface area (TPSA) is 38.8 Å². The van der Waals surface area contributed by atoms with E-state index in [9.17, 15) is 4.79 Å². The molecule has 4 heteroatoms. The predicted octanol–water partition coefficient (Wildman–Crippen LogP) is 3.75. The van der Waals surface area contributed by atoms with Gasteiger partial charge in [-0.05, 0) is 36.6 Å². The summed E-state index contributed by atoms with van der Waals surface area (Å²) < 4.78 is 11.5. The Morgan fingerprint density at radius 1 is 1.20 bits per heavy atom. The highest BCUT2D eigenvalue weighted by Gasteiger charge is 2.24. The largest absolute Gasteiger partial charge is 0.494 e. The van der Waals surface area contributed by atoms with Crippen LogP contribution in [0.1, 0.15) is 30.1 Å². The molecule has 0 radical (unpaired) electrons. The highest BCUT2D eigenvalue weighted by molar-refractivity contribution is 5.76. The molecule has 0 saturated carbocycles. The summed E-state index contributed by atoms with van der Waals surface area (Å²) in [5.41, 5.74) is 2.30. The summed E-state index contributed by atoms with van der Waals surface area (Å²) in [6.07, 6.45) is 1.20. The van der Waals surface area contributed by atoms with Crippen LogP contribution in [-0.2, 0) is 9.53 Å². The van der Waals surface area contributed by atoms with E-state index >= 15 is 0 Å². The Hall–Kier alpha value is -2.33. The van der Waals surface area contributed by atoms with Gasteiger partial charge in [-0.15, -0.1) is 0 Å². The van der Waals surface area contributed by atoms with Gasteiger partial charge in [-0.2, -0.15) is 0 Å². The lowest BCUT2D eigenvalue weighted by molar-refractivity contribution is -0.139. The first-order valence-corrected chi connectivity index (χ1v) is 8.86. The summed E-state index contributed by atoms with van der Waals surface area (Å²) in [7, 11) is 0. The molecule has 1 saturated heterocycles. The molecule has 2 aromatic rings. The second-order valence-electron chi connectivity index (χ2n) is 6.38. The Bertz CT molecular complexity index is 687. The molecule has 1 atom stereocenters. The number of hydrogen-bond acceptors (Lipinski definition) is 3. The number of amides is 1. The number of morpholine rings is 1. The summed E-state index contributed by atoms with van der Waals surface area (Å²) in [5, 5.41) is 0. The van der Waals surface area contributed by atoms with Crippen LogP contribution in [-0.4, -0.2) is 37.1 Å². The first-order chi connectivity index (χ1) is 12.2. The Labute approximate surface area is 149 Å². The molecule has 3 rings (SSSR count). The third-order valence-electron chi connectivity index (χ3n) is 4.38. The highest BCUT2D eigenvalue weighted by atomic mass is 16.5. The van der Waals surface area contributed by atoms with Crippen LogP contribution in [0.15, 0.2) is 54.6 Å². The van der Waals surface area contributed by atoms with Crippen LogP contribution in [0.3, 0.4) is 0 Å². The van der Waals surface area contributed by atoms with Crippen molar-refractivity contribution in [2.75, 3.05) is 26.3 Å². The average molecular weight is 339 g/mol. The lowest BCUT2D eigenvalue weighted by Gasteiger charge is -2.33. The summed E-state index contributed by atoms with van der Waals surface area (Å²) >= 11 is 0. The van der Waals surface area contributed by atoms with Crippen LogP contribution >= 0.6 is 0 Å². The van der Waals surface area contributed by atoms with Gasteiger partial charge >= 0.3 is 0 Å². The van der Waals surface area contributed by atoms with E-state index in [1.165, 1.54) is 5.56 Å². The van der Waals surface area contributed by atoms with E-state index in [0.717, 1.165) is 17.7 Å². The quantitative estimate of drug-likeness (QED) is 0.752. The Balaban J connectivity index is 1.43. The van der Waals surface area contributed by atoms with Crippen LogP contribution in [0, 0.1) is 6.92 Å². The molecule has 0 aliphatic carbocycles. The molecule has 0 bridgehead atoms. The zero-order valence-electron chi connectivity index (χ0n) is 14.7. The molecule has 4 nitrogen and oxygen atoms in total. The van der Waals surface area contributed by atoms with Crippen LogP contribution in [0.5, 0.6) is 5.75 Å². The molecular weight excluding hydrogens is 314 g/mol. The van der Waals surface area contributed by atoms with Crippen molar-refractivity contribution in [3.05, 3.63) is 65.7 Å². The van der Waals surface area contributed by atoms with E-state index in [4.69, 9.17) is 9.47 Å². The van der Waals surface area contributed by atoms with Crippen molar-refractivity contribution >= 4 is 5.91 Å². The lowest BCUT2D eigenvalue weighted by Crippen LogP contribution is -2.42. The van der Waals surface area contributed by atoms with E-state index in [2.05, 4.69) is 0 Å². The highest BCUT2D eigenvalue weighted by Crippen LogP contribution is 2.22. The van der Waals surface area contributed by atoms with Gasteiger partial charge in [0, 0.05) is 13.0 Å². The molecule has 25 heavy (non-hydrogen) atoms. The fraction of sp³-hybridized carbons (Fsp3) is 0.381. The van der Waals surface area contributed by atoms with Gasteiger partial charge in [-0.3, -0.25) is 4.79 Å². The lowest BCUT2D eigenvalue weighted by atomic mass is 10.1. The minimum absolute atomic E-state index is 0.0255. The van der Waals surface area contributed by atoms with E-state index in [0.29, 0.717) is 32.7 Å². The van der Waals surface area contributed by atoms with Gasteiger partial charge in [0.05, 0.1) is 19.8 Å². The van der Waals surface area contributed by atoms with Crippen LogP contribution in [0.25, 0.3) is 0 Å². The van der Waals surface area contributed by atoms with Crippen molar-refractivity contribution in [3.8, 4) is 5.75 Å². The van der Waals surface area contributed by atoms with Crippen LogP contribution < -0.4 is 4.74 Å². The molecular formula is C21H25NO3. The van der Waals surface area contributed by atoms with Gasteiger partial charge in [-0.1, -0.05) is 42.5 Å². The SMILES string of the molecule is Cc1cccc(OCCCC(=O)N2CCOC(c3ccccc3)C2)c1. The molecule has 1 aliphatic heterocycles. The molecule has 0 spiro atoms. The van der Waals surface area contributed by atoms with E-state index < -0.39 is 0 Å². The third-order valence-corrected chi connectivity index (χ3v) is 4.38. The van der Waals surface area contributed by atoms with Gasteiger partial charge in [0.15, 0.2) is 0 Å². The molecule has 1 heterocycles. The van der Waals surface area contributed by atoms with Crippen LogP contribution in [0.2, 0.25) is 0 Å². The number of aryl methyl sites for hydroxylation is 1. The maximum atomic E-state index is 12.5. The van der Waals surface area contributed by atoms with Crippen molar-refractivity contribution in [1.29, 1.82) is 0 Å². The van der Waals surface area contributed by atoms with Crippen molar-refractivity contribution in [2.45, 2.75) is 25.9 Å². The van der Waals surface area contributed by atoms with E-state index in [1.807, 2.05) is 66.4 Å². The number of nitrogens with zero attached hydrogens (tertiary/aromatic N) is 1. The smallest absolute Gasteiger partial charge is 0.222 e. The molecule has 0 aromatic heterocycles. The molecule has 0 N–H and O–H groups in total. The van der Waals surface area contributed by atoms with Gasteiger partial charge in [0.2, 0.25) is 5.91 Å². The number of hydrogen-bond donors (Lipinski definition) is 0. The first kappa shape index (κ1) is 17.5. The Kier molecular flexibility index (Phi) is 6.07. The monoisotopic (exact) mass is 339 g/mol. The fourth-order valence-corrected chi connectivity index (χ4v) is 3.02. The third kappa shape index (κ3) is 5.07. The molecule has 1 aliphatic rings. The van der Waals surface area contributed by atoms with Crippen molar-refractivity contribution in [2.24, 2.45) is 0 Å². The molecule has 132 valence electrons. The molecule has 1 fully saturated rings. The van der Waals surface area contributed by atoms with Crippen molar-refractivity contribution < 1.29 is 14.3 Å². The van der Waals surface area contributed by atoms with Crippen molar-refractivity contribution in [3.63, 3.8) is 0 Å². The van der Waals surface area contributed by atoms with Crippen molar-refractivity contribution in [1.82, 2.24) is 4.90 Å². The number of ether oxygens (including phenoxy) is 2. The summed E-state index contributed by atoms with van der Waals surface area (Å²) in [6, 6.07) is 18.1. The Morgan fingerprint density at radius 3 is 2.84 bits per heavy atom. The summed E-state index contributed by atoms with van der Waals surface area (Å²) in [5.74, 6) is 1.04. The second kappa shape index (κ2) is 8.67. The van der Waals surface area contributed by atoms with Gasteiger partial charge < -0.3 is 14.4 Å². The van der Waals surface area contributed by atoms with Gasteiger partial charge in [0.25, 0.3) is 0 Å². The number of benzene rings is 2. The molecule has 2 aromatic carbocycles.